The third kappa shape index (κ3) is 2.29. The van der Waals surface area contributed by atoms with E-state index < -0.39 is 0 Å². The van der Waals surface area contributed by atoms with Crippen LogP contribution >= 0.6 is 34.8 Å². The van der Waals surface area contributed by atoms with Crippen LogP contribution in [0.3, 0.4) is 0 Å². The van der Waals surface area contributed by atoms with Crippen molar-refractivity contribution in [1.82, 2.24) is 5.32 Å². The largest absolute Gasteiger partial charge is 0.313 e. The highest BCUT2D eigenvalue weighted by atomic mass is 35.5. The van der Waals surface area contributed by atoms with Gasteiger partial charge < -0.3 is 5.32 Å². The minimum absolute atomic E-state index is 0.0960. The maximum Gasteiger partial charge on any atom is 0.0654 e. The Morgan fingerprint density at radius 3 is 2.23 bits per heavy atom. The Kier molecular flexibility index (Phi) is 3.87. The quantitative estimate of drug-likeness (QED) is 0.770. The first kappa shape index (κ1) is 11.1. The summed E-state index contributed by atoms with van der Waals surface area (Å²) in [7, 11) is 1.85. The number of halogens is 3. The average Bonchev–Trinajstić information content (AvgIpc) is 2.12. The van der Waals surface area contributed by atoms with E-state index in [9.17, 15) is 0 Å². The lowest BCUT2D eigenvalue weighted by atomic mass is 10.1. The molecule has 0 aliphatic rings. The van der Waals surface area contributed by atoms with Crippen LogP contribution < -0.4 is 5.32 Å². The molecule has 0 saturated carbocycles. The third-order valence-corrected chi connectivity index (χ3v) is 3.09. The van der Waals surface area contributed by atoms with Gasteiger partial charge in [0.1, 0.15) is 0 Å². The Hall–Kier alpha value is 0.0500. The van der Waals surface area contributed by atoms with E-state index in [1.165, 1.54) is 0 Å². The Morgan fingerprint density at radius 1 is 1.15 bits per heavy atom. The molecule has 0 aliphatic heterocycles. The van der Waals surface area contributed by atoms with Crippen LogP contribution in [0.4, 0.5) is 0 Å². The van der Waals surface area contributed by atoms with E-state index in [-0.39, 0.29) is 6.04 Å². The Labute approximate surface area is 93.0 Å². The zero-order valence-corrected chi connectivity index (χ0v) is 9.63. The van der Waals surface area contributed by atoms with Gasteiger partial charge in [-0.25, -0.2) is 0 Å². The molecule has 0 heterocycles. The summed E-state index contributed by atoms with van der Waals surface area (Å²) in [6.07, 6.45) is 0. The van der Waals surface area contributed by atoms with Gasteiger partial charge in [-0.15, -0.1) is 0 Å². The van der Waals surface area contributed by atoms with Gasteiger partial charge in [-0.05, 0) is 26.1 Å². The maximum absolute atomic E-state index is 6.02. The van der Waals surface area contributed by atoms with E-state index in [4.69, 9.17) is 34.8 Å². The van der Waals surface area contributed by atoms with Crippen LogP contribution in [0.5, 0.6) is 0 Å². The highest BCUT2D eigenvalue weighted by Gasteiger charge is 2.14. The number of hydrogen-bond acceptors (Lipinski definition) is 1. The van der Waals surface area contributed by atoms with Gasteiger partial charge >= 0.3 is 0 Å². The molecule has 4 heteroatoms. The van der Waals surface area contributed by atoms with E-state index in [2.05, 4.69) is 5.32 Å². The molecular weight excluding hydrogens is 228 g/mol. The fourth-order valence-corrected chi connectivity index (χ4v) is 1.95. The summed E-state index contributed by atoms with van der Waals surface area (Å²) in [4.78, 5) is 0. The molecule has 1 aromatic rings. The molecule has 0 radical (unpaired) electrons. The van der Waals surface area contributed by atoms with Crippen molar-refractivity contribution in [2.24, 2.45) is 0 Å². The Bertz CT molecular complexity index is 312. The van der Waals surface area contributed by atoms with Crippen LogP contribution in [0.1, 0.15) is 18.5 Å². The zero-order chi connectivity index (χ0) is 10.0. The second-order valence-corrected chi connectivity index (χ2v) is 3.96. The van der Waals surface area contributed by atoms with E-state index in [0.717, 1.165) is 5.56 Å². The van der Waals surface area contributed by atoms with Crippen LogP contribution in [-0.4, -0.2) is 7.05 Å². The highest BCUT2D eigenvalue weighted by molar-refractivity contribution is 6.44. The van der Waals surface area contributed by atoms with E-state index in [0.29, 0.717) is 15.1 Å². The predicted molar refractivity (Wildman–Crippen MR) is 58.9 cm³/mol. The van der Waals surface area contributed by atoms with Gasteiger partial charge in [-0.1, -0.05) is 34.8 Å². The standard InChI is InChI=1S/C9H10Cl3N/c1-5(13-2)8-6(10)3-4-7(11)9(8)12/h3-5,13H,1-2H3. The van der Waals surface area contributed by atoms with Crippen molar-refractivity contribution >= 4 is 34.8 Å². The van der Waals surface area contributed by atoms with E-state index >= 15 is 0 Å². The summed E-state index contributed by atoms with van der Waals surface area (Å²) < 4.78 is 0. The molecule has 1 nitrogen and oxygen atoms in total. The fourth-order valence-electron chi connectivity index (χ4n) is 1.08. The van der Waals surface area contributed by atoms with Crippen LogP contribution in [0, 0.1) is 0 Å². The molecule has 0 spiro atoms. The predicted octanol–water partition coefficient (Wildman–Crippen LogP) is 3.93. The summed E-state index contributed by atoms with van der Waals surface area (Å²) in [5, 5.41) is 4.75. The zero-order valence-electron chi connectivity index (χ0n) is 7.37. The van der Waals surface area contributed by atoms with Crippen LogP contribution in [0.15, 0.2) is 12.1 Å². The summed E-state index contributed by atoms with van der Waals surface area (Å²) in [6.45, 7) is 1.98. The Morgan fingerprint density at radius 2 is 1.69 bits per heavy atom. The van der Waals surface area contributed by atoms with Gasteiger partial charge in [-0.3, -0.25) is 0 Å². The van der Waals surface area contributed by atoms with Gasteiger partial charge in [0.05, 0.1) is 10.0 Å². The van der Waals surface area contributed by atoms with Crippen LogP contribution in [-0.2, 0) is 0 Å². The van der Waals surface area contributed by atoms with E-state index in [1.807, 2.05) is 14.0 Å². The maximum atomic E-state index is 6.02. The van der Waals surface area contributed by atoms with Gasteiger partial charge in [0, 0.05) is 16.6 Å². The van der Waals surface area contributed by atoms with Crippen molar-refractivity contribution in [3.05, 3.63) is 32.8 Å². The lowest BCUT2D eigenvalue weighted by Crippen LogP contribution is -2.13. The van der Waals surface area contributed by atoms with Crippen molar-refractivity contribution in [1.29, 1.82) is 0 Å². The molecule has 0 aliphatic carbocycles. The molecule has 0 amide bonds. The first-order valence-corrected chi connectivity index (χ1v) is 5.02. The first-order valence-electron chi connectivity index (χ1n) is 3.88. The smallest absolute Gasteiger partial charge is 0.0654 e. The first-order chi connectivity index (χ1) is 6.07. The second-order valence-electron chi connectivity index (χ2n) is 2.77. The van der Waals surface area contributed by atoms with Gasteiger partial charge in [0.25, 0.3) is 0 Å². The molecule has 0 bridgehead atoms. The van der Waals surface area contributed by atoms with Gasteiger partial charge in [-0.2, -0.15) is 0 Å². The molecular formula is C9H10Cl3N. The van der Waals surface area contributed by atoms with E-state index in [1.54, 1.807) is 12.1 Å². The molecule has 13 heavy (non-hydrogen) atoms. The van der Waals surface area contributed by atoms with Crippen molar-refractivity contribution in [3.8, 4) is 0 Å². The summed E-state index contributed by atoms with van der Waals surface area (Å²) in [5.74, 6) is 0. The molecule has 0 saturated heterocycles. The lowest BCUT2D eigenvalue weighted by Gasteiger charge is -2.15. The molecule has 1 N–H and O–H groups in total. The van der Waals surface area contributed by atoms with Crippen LogP contribution in [0.2, 0.25) is 15.1 Å². The van der Waals surface area contributed by atoms with Gasteiger partial charge in [0.15, 0.2) is 0 Å². The molecule has 1 aromatic carbocycles. The minimum atomic E-state index is 0.0960. The molecule has 1 unspecified atom stereocenters. The molecule has 0 aromatic heterocycles. The molecule has 0 fully saturated rings. The summed E-state index contributed by atoms with van der Waals surface area (Å²) >= 11 is 17.9. The van der Waals surface area contributed by atoms with Gasteiger partial charge in [0.2, 0.25) is 0 Å². The molecule has 1 atom stereocenters. The topological polar surface area (TPSA) is 12.0 Å². The van der Waals surface area contributed by atoms with Crippen molar-refractivity contribution in [3.63, 3.8) is 0 Å². The number of nitrogens with one attached hydrogen (secondary N) is 1. The Balaban J connectivity index is 3.25. The minimum Gasteiger partial charge on any atom is -0.313 e. The number of hydrogen-bond donors (Lipinski definition) is 1. The second kappa shape index (κ2) is 4.52. The summed E-state index contributed by atoms with van der Waals surface area (Å²) in [6, 6.07) is 3.54. The number of rotatable bonds is 2. The molecule has 1 rings (SSSR count). The average molecular weight is 239 g/mol. The third-order valence-electron chi connectivity index (χ3n) is 1.95. The van der Waals surface area contributed by atoms with Crippen molar-refractivity contribution in [2.75, 3.05) is 7.05 Å². The molecule has 72 valence electrons. The fraction of sp³-hybridized carbons (Fsp3) is 0.333. The monoisotopic (exact) mass is 237 g/mol. The summed E-state index contributed by atoms with van der Waals surface area (Å²) in [5.41, 5.74) is 0.846. The SMILES string of the molecule is CNC(C)c1c(Cl)ccc(Cl)c1Cl. The van der Waals surface area contributed by atoms with Crippen molar-refractivity contribution < 1.29 is 0 Å². The number of benzene rings is 1. The van der Waals surface area contributed by atoms with Crippen LogP contribution in [0.25, 0.3) is 0 Å². The van der Waals surface area contributed by atoms with Crippen molar-refractivity contribution in [2.45, 2.75) is 13.0 Å². The normalized spacial score (nSPS) is 13.0. The highest BCUT2D eigenvalue weighted by Crippen LogP contribution is 2.35. The lowest BCUT2D eigenvalue weighted by molar-refractivity contribution is 0.653.